The zero-order chi connectivity index (χ0) is 22.4. The SMILES string of the molecule is Cc1ccc(Cn2nc(C)c(C(=O)NCCCC(=O)Nc3ccc(Cl)cc3)c2Cl)cc1. The molecule has 2 N–H and O–H groups in total. The van der Waals surface area contributed by atoms with Crippen molar-refractivity contribution in [2.24, 2.45) is 0 Å². The van der Waals surface area contributed by atoms with Crippen molar-refractivity contribution in [3.05, 3.63) is 81.1 Å². The molecule has 0 saturated heterocycles. The van der Waals surface area contributed by atoms with E-state index in [0.29, 0.717) is 46.6 Å². The number of halogens is 2. The van der Waals surface area contributed by atoms with Crippen LogP contribution in [0.3, 0.4) is 0 Å². The average Bonchev–Trinajstić information content (AvgIpc) is 3.01. The molecule has 8 heteroatoms. The van der Waals surface area contributed by atoms with Crippen LogP contribution >= 0.6 is 23.2 Å². The van der Waals surface area contributed by atoms with E-state index in [4.69, 9.17) is 23.2 Å². The summed E-state index contributed by atoms with van der Waals surface area (Å²) in [5.41, 5.74) is 3.83. The van der Waals surface area contributed by atoms with E-state index in [1.165, 1.54) is 5.56 Å². The molecular formula is C23H24Cl2N4O2. The molecular weight excluding hydrogens is 435 g/mol. The van der Waals surface area contributed by atoms with Crippen molar-refractivity contribution in [2.75, 3.05) is 11.9 Å². The Morgan fingerprint density at radius 3 is 2.35 bits per heavy atom. The maximum Gasteiger partial charge on any atom is 0.256 e. The molecule has 1 aromatic heterocycles. The number of hydrogen-bond acceptors (Lipinski definition) is 3. The molecule has 162 valence electrons. The molecule has 6 nitrogen and oxygen atoms in total. The molecule has 2 aromatic carbocycles. The van der Waals surface area contributed by atoms with Gasteiger partial charge in [-0.1, -0.05) is 53.0 Å². The van der Waals surface area contributed by atoms with Crippen molar-refractivity contribution < 1.29 is 9.59 Å². The number of hydrogen-bond donors (Lipinski definition) is 2. The number of carbonyl (C=O) groups excluding carboxylic acids is 2. The third-order valence-electron chi connectivity index (χ3n) is 4.74. The second-order valence-electron chi connectivity index (χ2n) is 7.31. The number of anilines is 1. The first-order valence-electron chi connectivity index (χ1n) is 9.95. The number of amides is 2. The molecule has 0 fully saturated rings. The lowest BCUT2D eigenvalue weighted by molar-refractivity contribution is -0.116. The Morgan fingerprint density at radius 2 is 1.68 bits per heavy atom. The Bertz CT molecular complexity index is 1060. The number of aromatic nitrogens is 2. The Labute approximate surface area is 191 Å². The molecule has 0 aliphatic rings. The van der Waals surface area contributed by atoms with Crippen LogP contribution in [-0.2, 0) is 11.3 Å². The van der Waals surface area contributed by atoms with Gasteiger partial charge in [-0.25, -0.2) is 4.68 Å². The first-order valence-corrected chi connectivity index (χ1v) is 10.7. The van der Waals surface area contributed by atoms with Gasteiger partial charge in [-0.05, 0) is 50.1 Å². The standard InChI is InChI=1S/C23H24Cl2N4O2/c1-15-5-7-17(8-6-15)14-29-22(25)21(16(2)28-29)23(31)26-13-3-4-20(30)27-19-11-9-18(24)10-12-19/h5-12H,3-4,13-14H2,1-2H3,(H,26,31)(H,27,30). The van der Waals surface area contributed by atoms with E-state index in [0.717, 1.165) is 5.56 Å². The van der Waals surface area contributed by atoms with Crippen molar-refractivity contribution >= 4 is 40.7 Å². The van der Waals surface area contributed by atoms with Crippen LogP contribution < -0.4 is 10.6 Å². The summed E-state index contributed by atoms with van der Waals surface area (Å²) in [6, 6.07) is 15.0. The van der Waals surface area contributed by atoms with Crippen LogP contribution in [0.25, 0.3) is 0 Å². The summed E-state index contributed by atoms with van der Waals surface area (Å²) in [6.45, 7) is 4.62. The van der Waals surface area contributed by atoms with E-state index in [2.05, 4.69) is 15.7 Å². The first kappa shape index (κ1) is 22.8. The monoisotopic (exact) mass is 458 g/mol. The van der Waals surface area contributed by atoms with Gasteiger partial charge in [0.25, 0.3) is 5.91 Å². The number of rotatable bonds is 8. The highest BCUT2D eigenvalue weighted by Crippen LogP contribution is 2.21. The van der Waals surface area contributed by atoms with Crippen molar-refractivity contribution in [3.8, 4) is 0 Å². The van der Waals surface area contributed by atoms with Gasteiger partial charge in [0.15, 0.2) is 0 Å². The summed E-state index contributed by atoms with van der Waals surface area (Å²) < 4.78 is 1.62. The van der Waals surface area contributed by atoms with Gasteiger partial charge in [-0.3, -0.25) is 9.59 Å². The summed E-state index contributed by atoms with van der Waals surface area (Å²) in [5, 5.41) is 10.9. The molecule has 0 radical (unpaired) electrons. The molecule has 3 aromatic rings. The minimum absolute atomic E-state index is 0.128. The molecule has 0 spiro atoms. The maximum absolute atomic E-state index is 12.6. The molecule has 0 aliphatic carbocycles. The van der Waals surface area contributed by atoms with Crippen LogP contribution in [0.15, 0.2) is 48.5 Å². The number of nitrogens with one attached hydrogen (secondary N) is 2. The quantitative estimate of drug-likeness (QED) is 0.466. The summed E-state index contributed by atoms with van der Waals surface area (Å²) in [7, 11) is 0. The van der Waals surface area contributed by atoms with Crippen LogP contribution in [0.2, 0.25) is 10.2 Å². The average molecular weight is 459 g/mol. The second-order valence-corrected chi connectivity index (χ2v) is 8.10. The van der Waals surface area contributed by atoms with Crippen molar-refractivity contribution in [1.82, 2.24) is 15.1 Å². The number of nitrogens with zero attached hydrogens (tertiary/aromatic N) is 2. The van der Waals surface area contributed by atoms with E-state index in [-0.39, 0.29) is 18.2 Å². The van der Waals surface area contributed by atoms with E-state index in [9.17, 15) is 9.59 Å². The summed E-state index contributed by atoms with van der Waals surface area (Å²) in [6.07, 6.45) is 0.779. The van der Waals surface area contributed by atoms with E-state index in [1.54, 1.807) is 35.9 Å². The van der Waals surface area contributed by atoms with Crippen LogP contribution in [0.1, 0.15) is 40.0 Å². The largest absolute Gasteiger partial charge is 0.352 e. The second kappa shape index (κ2) is 10.5. The molecule has 0 bridgehead atoms. The zero-order valence-electron chi connectivity index (χ0n) is 17.4. The highest BCUT2D eigenvalue weighted by Gasteiger charge is 2.20. The zero-order valence-corrected chi connectivity index (χ0v) is 18.9. The van der Waals surface area contributed by atoms with Gasteiger partial charge in [-0.2, -0.15) is 5.10 Å². The van der Waals surface area contributed by atoms with Crippen molar-refractivity contribution in [3.63, 3.8) is 0 Å². The van der Waals surface area contributed by atoms with Gasteiger partial charge in [0.2, 0.25) is 5.91 Å². The third-order valence-corrected chi connectivity index (χ3v) is 5.38. The fraction of sp³-hybridized carbons (Fsp3) is 0.261. The van der Waals surface area contributed by atoms with Gasteiger partial charge in [0.05, 0.1) is 17.8 Å². The normalized spacial score (nSPS) is 10.7. The van der Waals surface area contributed by atoms with Crippen LogP contribution in [0, 0.1) is 13.8 Å². The van der Waals surface area contributed by atoms with Gasteiger partial charge in [-0.15, -0.1) is 0 Å². The Hall–Kier alpha value is -2.83. The number of carbonyl (C=O) groups is 2. The fourth-order valence-electron chi connectivity index (χ4n) is 3.08. The molecule has 2 amide bonds. The lowest BCUT2D eigenvalue weighted by Crippen LogP contribution is -2.26. The van der Waals surface area contributed by atoms with E-state index in [1.807, 2.05) is 31.2 Å². The number of benzene rings is 2. The summed E-state index contributed by atoms with van der Waals surface area (Å²) in [5.74, 6) is -0.424. The Kier molecular flexibility index (Phi) is 7.71. The number of aryl methyl sites for hydroxylation is 2. The molecule has 0 aliphatic heterocycles. The fourth-order valence-corrected chi connectivity index (χ4v) is 3.52. The lowest BCUT2D eigenvalue weighted by atomic mass is 10.1. The topological polar surface area (TPSA) is 76.0 Å². The van der Waals surface area contributed by atoms with Gasteiger partial charge in [0.1, 0.15) is 5.15 Å². The summed E-state index contributed by atoms with van der Waals surface area (Å²) >= 11 is 12.3. The van der Waals surface area contributed by atoms with Crippen molar-refractivity contribution in [1.29, 1.82) is 0 Å². The predicted molar refractivity (Wildman–Crippen MR) is 124 cm³/mol. The van der Waals surface area contributed by atoms with Gasteiger partial charge in [0, 0.05) is 23.7 Å². The van der Waals surface area contributed by atoms with Crippen molar-refractivity contribution in [2.45, 2.75) is 33.2 Å². The highest BCUT2D eigenvalue weighted by atomic mass is 35.5. The lowest BCUT2D eigenvalue weighted by Gasteiger charge is -2.07. The molecule has 0 saturated carbocycles. The van der Waals surface area contributed by atoms with Crippen LogP contribution in [0.5, 0.6) is 0 Å². The maximum atomic E-state index is 12.6. The Balaban J connectivity index is 1.50. The first-order chi connectivity index (χ1) is 14.8. The molecule has 31 heavy (non-hydrogen) atoms. The molecule has 3 rings (SSSR count). The van der Waals surface area contributed by atoms with E-state index < -0.39 is 0 Å². The minimum Gasteiger partial charge on any atom is -0.352 e. The van der Waals surface area contributed by atoms with Crippen LogP contribution in [0.4, 0.5) is 5.69 Å². The summed E-state index contributed by atoms with van der Waals surface area (Å²) in [4.78, 5) is 24.6. The molecule has 0 atom stereocenters. The smallest absolute Gasteiger partial charge is 0.256 e. The van der Waals surface area contributed by atoms with Gasteiger partial charge < -0.3 is 10.6 Å². The van der Waals surface area contributed by atoms with Crippen LogP contribution in [-0.4, -0.2) is 28.1 Å². The molecule has 0 unspecified atom stereocenters. The Morgan fingerprint density at radius 1 is 1.00 bits per heavy atom. The highest BCUT2D eigenvalue weighted by molar-refractivity contribution is 6.33. The van der Waals surface area contributed by atoms with Gasteiger partial charge >= 0.3 is 0 Å². The molecule has 1 heterocycles. The third kappa shape index (κ3) is 6.32. The van der Waals surface area contributed by atoms with E-state index >= 15 is 0 Å². The minimum atomic E-state index is -0.296. The predicted octanol–water partition coefficient (Wildman–Crippen LogP) is 5.00.